The number of nitrogens with zero attached hydrogens (tertiary/aromatic N) is 2. The van der Waals surface area contributed by atoms with Gasteiger partial charge in [0, 0.05) is 29.3 Å². The molecule has 0 spiro atoms. The number of anilines is 1. The average molecular weight is 367 g/mol. The topological polar surface area (TPSA) is 64.0 Å². The van der Waals surface area contributed by atoms with E-state index in [2.05, 4.69) is 10.3 Å². The molecule has 5 heteroatoms. The van der Waals surface area contributed by atoms with Crippen molar-refractivity contribution in [2.45, 2.75) is 0 Å². The number of rotatable bonds is 4. The summed E-state index contributed by atoms with van der Waals surface area (Å²) in [6.45, 7) is 0. The molecule has 136 valence electrons. The molecule has 0 unspecified atom stereocenters. The number of amides is 1. The van der Waals surface area contributed by atoms with Crippen LogP contribution in [0.3, 0.4) is 0 Å². The molecule has 4 aromatic rings. The first-order valence-corrected chi connectivity index (χ1v) is 8.82. The van der Waals surface area contributed by atoms with Crippen molar-refractivity contribution in [1.29, 1.82) is 0 Å². The van der Waals surface area contributed by atoms with Gasteiger partial charge in [0.1, 0.15) is 5.56 Å². The largest absolute Gasteiger partial charge is 0.322 e. The smallest absolute Gasteiger partial charge is 0.267 e. The van der Waals surface area contributed by atoms with Gasteiger partial charge < -0.3 is 5.32 Å². The Balaban J connectivity index is 1.85. The van der Waals surface area contributed by atoms with E-state index < -0.39 is 5.91 Å². The Morgan fingerprint density at radius 2 is 1.54 bits per heavy atom. The van der Waals surface area contributed by atoms with E-state index >= 15 is 0 Å². The van der Waals surface area contributed by atoms with E-state index in [1.165, 1.54) is 4.57 Å². The zero-order valence-electron chi connectivity index (χ0n) is 14.9. The van der Waals surface area contributed by atoms with Crippen molar-refractivity contribution in [3.8, 4) is 16.9 Å². The predicted octanol–water partition coefficient (Wildman–Crippen LogP) is 4.15. The molecule has 0 aliphatic carbocycles. The van der Waals surface area contributed by atoms with Crippen LogP contribution in [0, 0.1) is 0 Å². The molecule has 5 nitrogen and oxygen atoms in total. The number of carbonyl (C=O) groups is 1. The van der Waals surface area contributed by atoms with Crippen LogP contribution in [-0.2, 0) is 0 Å². The zero-order valence-corrected chi connectivity index (χ0v) is 14.9. The molecule has 2 aromatic heterocycles. The number of hydrogen-bond acceptors (Lipinski definition) is 3. The maximum absolute atomic E-state index is 13.1. The second-order valence-electron chi connectivity index (χ2n) is 6.19. The Hall–Kier alpha value is -3.99. The highest BCUT2D eigenvalue weighted by molar-refractivity contribution is 6.04. The van der Waals surface area contributed by atoms with E-state index in [4.69, 9.17) is 0 Å². The van der Waals surface area contributed by atoms with Crippen LogP contribution in [0.25, 0.3) is 16.9 Å². The zero-order chi connectivity index (χ0) is 19.3. The van der Waals surface area contributed by atoms with Crippen LogP contribution in [0.4, 0.5) is 5.69 Å². The van der Waals surface area contributed by atoms with E-state index in [0.717, 1.165) is 0 Å². The second kappa shape index (κ2) is 7.72. The lowest BCUT2D eigenvalue weighted by atomic mass is 10.1. The second-order valence-corrected chi connectivity index (χ2v) is 6.19. The third-order valence-corrected chi connectivity index (χ3v) is 4.29. The maximum Gasteiger partial charge on any atom is 0.267 e. The minimum Gasteiger partial charge on any atom is -0.322 e. The monoisotopic (exact) mass is 367 g/mol. The van der Waals surface area contributed by atoms with Crippen molar-refractivity contribution >= 4 is 11.6 Å². The number of hydrogen-bond donors (Lipinski definition) is 1. The van der Waals surface area contributed by atoms with Crippen molar-refractivity contribution in [2.24, 2.45) is 0 Å². The van der Waals surface area contributed by atoms with E-state index in [1.807, 2.05) is 66.7 Å². The van der Waals surface area contributed by atoms with E-state index in [9.17, 15) is 9.59 Å². The first-order valence-electron chi connectivity index (χ1n) is 8.82. The molecule has 0 aliphatic rings. The molecule has 28 heavy (non-hydrogen) atoms. The first kappa shape index (κ1) is 17.4. The lowest BCUT2D eigenvalue weighted by Crippen LogP contribution is -2.28. The molecule has 2 heterocycles. The van der Waals surface area contributed by atoms with Crippen LogP contribution in [0.2, 0.25) is 0 Å². The SMILES string of the molecule is O=C(Nc1ccccc1)c1cc(-c2ccccn2)cn(-c2ccccc2)c1=O. The Morgan fingerprint density at radius 1 is 0.857 bits per heavy atom. The highest BCUT2D eigenvalue weighted by atomic mass is 16.2. The van der Waals surface area contributed by atoms with Gasteiger partial charge in [0.15, 0.2) is 0 Å². The number of carbonyl (C=O) groups excluding carboxylic acids is 1. The summed E-state index contributed by atoms with van der Waals surface area (Å²) < 4.78 is 1.48. The van der Waals surface area contributed by atoms with E-state index in [0.29, 0.717) is 22.6 Å². The molecular formula is C23H17N3O2. The van der Waals surface area contributed by atoms with Crippen LogP contribution in [0.1, 0.15) is 10.4 Å². The number of aromatic nitrogens is 2. The highest BCUT2D eigenvalue weighted by Gasteiger charge is 2.16. The minimum absolute atomic E-state index is 0.0517. The van der Waals surface area contributed by atoms with Crippen molar-refractivity contribution in [2.75, 3.05) is 5.32 Å². The summed E-state index contributed by atoms with van der Waals surface area (Å²) in [5, 5.41) is 2.78. The minimum atomic E-state index is -0.460. The van der Waals surface area contributed by atoms with Crippen molar-refractivity contribution in [3.05, 3.63) is 113 Å². The Kier molecular flexibility index (Phi) is 4.80. The van der Waals surface area contributed by atoms with Crippen LogP contribution >= 0.6 is 0 Å². The molecule has 1 amide bonds. The van der Waals surface area contributed by atoms with Crippen LogP contribution < -0.4 is 10.9 Å². The number of benzene rings is 2. The van der Waals surface area contributed by atoms with Gasteiger partial charge in [-0.25, -0.2) is 0 Å². The van der Waals surface area contributed by atoms with Crippen LogP contribution in [-0.4, -0.2) is 15.5 Å². The first-order chi connectivity index (χ1) is 13.7. The van der Waals surface area contributed by atoms with Gasteiger partial charge in [-0.2, -0.15) is 0 Å². The fraction of sp³-hybridized carbons (Fsp3) is 0. The normalized spacial score (nSPS) is 10.4. The molecule has 0 aliphatic heterocycles. The predicted molar refractivity (Wildman–Crippen MR) is 110 cm³/mol. The fourth-order valence-electron chi connectivity index (χ4n) is 2.92. The summed E-state index contributed by atoms with van der Waals surface area (Å²) in [6.07, 6.45) is 3.39. The average Bonchev–Trinajstić information content (AvgIpc) is 2.76. The molecule has 1 N–H and O–H groups in total. The lowest BCUT2D eigenvalue weighted by molar-refractivity contribution is 0.102. The van der Waals surface area contributed by atoms with Gasteiger partial charge in [0.25, 0.3) is 11.5 Å². The maximum atomic E-state index is 13.1. The molecule has 4 rings (SSSR count). The number of pyridine rings is 2. The van der Waals surface area contributed by atoms with Crippen LogP contribution in [0.15, 0.2) is 102 Å². The summed E-state index contributed by atoms with van der Waals surface area (Å²) >= 11 is 0. The van der Waals surface area contributed by atoms with E-state index in [1.54, 1.807) is 30.6 Å². The third kappa shape index (κ3) is 3.59. The molecular weight excluding hydrogens is 350 g/mol. The van der Waals surface area contributed by atoms with Gasteiger partial charge >= 0.3 is 0 Å². The molecule has 0 bridgehead atoms. The molecule has 2 aromatic carbocycles. The van der Waals surface area contributed by atoms with Crippen molar-refractivity contribution in [1.82, 2.24) is 9.55 Å². The Morgan fingerprint density at radius 3 is 2.21 bits per heavy atom. The summed E-state index contributed by atoms with van der Waals surface area (Å²) in [5.74, 6) is -0.460. The Bertz CT molecular complexity index is 1150. The fourth-order valence-corrected chi connectivity index (χ4v) is 2.92. The summed E-state index contributed by atoms with van der Waals surface area (Å²) in [6, 6.07) is 25.4. The van der Waals surface area contributed by atoms with Gasteiger partial charge in [0.05, 0.1) is 5.69 Å². The summed E-state index contributed by atoms with van der Waals surface area (Å²) in [4.78, 5) is 30.3. The molecule has 0 saturated heterocycles. The summed E-state index contributed by atoms with van der Waals surface area (Å²) in [7, 11) is 0. The van der Waals surface area contributed by atoms with Gasteiger partial charge in [-0.1, -0.05) is 42.5 Å². The van der Waals surface area contributed by atoms with Crippen molar-refractivity contribution in [3.63, 3.8) is 0 Å². The quantitative estimate of drug-likeness (QED) is 0.589. The van der Waals surface area contributed by atoms with Gasteiger partial charge in [-0.3, -0.25) is 19.1 Å². The van der Waals surface area contributed by atoms with Gasteiger partial charge in [-0.15, -0.1) is 0 Å². The highest BCUT2D eigenvalue weighted by Crippen LogP contribution is 2.19. The van der Waals surface area contributed by atoms with Gasteiger partial charge in [0.2, 0.25) is 0 Å². The number of para-hydroxylation sites is 2. The third-order valence-electron chi connectivity index (χ3n) is 4.29. The molecule has 0 fully saturated rings. The standard InChI is InChI=1S/C23H17N3O2/c27-22(25-18-9-3-1-4-10-18)20-15-17(21-13-7-8-14-24-21)16-26(23(20)28)19-11-5-2-6-12-19/h1-16H,(H,25,27). The van der Waals surface area contributed by atoms with Crippen molar-refractivity contribution < 1.29 is 4.79 Å². The lowest BCUT2D eigenvalue weighted by Gasteiger charge is -2.12. The Labute approximate surface area is 161 Å². The van der Waals surface area contributed by atoms with Crippen LogP contribution in [0.5, 0.6) is 0 Å². The molecule has 0 radical (unpaired) electrons. The number of nitrogens with one attached hydrogen (secondary N) is 1. The summed E-state index contributed by atoms with van der Waals surface area (Å²) in [5.41, 5.74) is 2.33. The molecule has 0 atom stereocenters. The molecule has 0 saturated carbocycles. The van der Waals surface area contributed by atoms with E-state index in [-0.39, 0.29) is 11.1 Å². The van der Waals surface area contributed by atoms with Gasteiger partial charge in [-0.05, 0) is 42.5 Å².